The first-order valence-corrected chi connectivity index (χ1v) is 8.63. The molecule has 0 atom stereocenters. The van der Waals surface area contributed by atoms with Crippen molar-refractivity contribution in [1.29, 1.82) is 5.41 Å². The summed E-state index contributed by atoms with van der Waals surface area (Å²) >= 11 is 5.68. The Morgan fingerprint density at radius 3 is 2.57 bits per heavy atom. The Balaban J connectivity index is 1.76. The summed E-state index contributed by atoms with van der Waals surface area (Å²) in [6.45, 7) is -0.129. The number of imidazole rings is 1. The van der Waals surface area contributed by atoms with E-state index in [9.17, 15) is 18.3 Å². The smallest absolute Gasteiger partial charge is 0.417 e. The Labute approximate surface area is 162 Å². The highest BCUT2D eigenvalue weighted by atomic mass is 35.5. The number of benzene rings is 2. The maximum atomic E-state index is 13.2. The van der Waals surface area contributed by atoms with Gasteiger partial charge in [-0.1, -0.05) is 23.7 Å². The van der Waals surface area contributed by atoms with Gasteiger partial charge in [-0.2, -0.15) is 13.2 Å². The van der Waals surface area contributed by atoms with Gasteiger partial charge in [-0.3, -0.25) is 5.41 Å². The first-order chi connectivity index (χ1) is 13.2. The molecule has 0 fully saturated rings. The number of hydrogen-bond acceptors (Lipinski definition) is 3. The van der Waals surface area contributed by atoms with Crippen molar-refractivity contribution in [1.82, 2.24) is 9.55 Å². The number of anilines is 1. The molecule has 144 valence electrons. The maximum Gasteiger partial charge on any atom is 0.417 e. The molecule has 0 spiro atoms. The fourth-order valence-corrected chi connectivity index (χ4v) is 3.53. The SMILES string of the molecule is Cn1c(C2=C(O)CN(c3ccc(Cl)c(C(F)(F)F)c3)C2=N)nc2ccccc21. The number of alkyl halides is 3. The van der Waals surface area contributed by atoms with Gasteiger partial charge in [0, 0.05) is 12.7 Å². The van der Waals surface area contributed by atoms with Gasteiger partial charge in [0.2, 0.25) is 0 Å². The van der Waals surface area contributed by atoms with Crippen LogP contribution in [0.4, 0.5) is 18.9 Å². The second-order valence-electron chi connectivity index (χ2n) is 6.40. The van der Waals surface area contributed by atoms with Crippen LogP contribution in [-0.2, 0) is 13.2 Å². The lowest BCUT2D eigenvalue weighted by molar-refractivity contribution is -0.137. The number of nitrogens with zero attached hydrogens (tertiary/aromatic N) is 3. The molecule has 2 heterocycles. The van der Waals surface area contributed by atoms with Crippen LogP contribution in [0.3, 0.4) is 0 Å². The van der Waals surface area contributed by atoms with Crippen molar-refractivity contribution in [2.45, 2.75) is 6.18 Å². The lowest BCUT2D eigenvalue weighted by Gasteiger charge is -2.20. The van der Waals surface area contributed by atoms with Crippen LogP contribution in [0.15, 0.2) is 48.2 Å². The standard InChI is InChI=1S/C19H14ClF3N4O/c1-26-14-5-3-2-4-13(14)25-18(26)16-15(28)9-27(17(16)24)10-6-7-12(20)11(8-10)19(21,22)23/h2-8,24,28H,9H2,1H3. The largest absolute Gasteiger partial charge is 0.509 e. The van der Waals surface area contributed by atoms with Gasteiger partial charge in [0.1, 0.15) is 17.4 Å². The van der Waals surface area contributed by atoms with Crippen molar-refractivity contribution >= 4 is 39.7 Å². The minimum Gasteiger partial charge on any atom is -0.509 e. The molecule has 2 aromatic carbocycles. The normalized spacial score (nSPS) is 15.2. The Bertz CT molecular complexity index is 1150. The Hall–Kier alpha value is -3.00. The second-order valence-corrected chi connectivity index (χ2v) is 6.81. The number of para-hydroxylation sites is 2. The Morgan fingerprint density at radius 2 is 1.89 bits per heavy atom. The van der Waals surface area contributed by atoms with Crippen molar-refractivity contribution in [3.8, 4) is 0 Å². The van der Waals surface area contributed by atoms with Crippen molar-refractivity contribution in [3.63, 3.8) is 0 Å². The molecule has 0 saturated heterocycles. The fourth-order valence-electron chi connectivity index (χ4n) is 3.30. The van der Waals surface area contributed by atoms with Crippen LogP contribution < -0.4 is 4.90 Å². The molecule has 0 aliphatic carbocycles. The molecule has 0 amide bonds. The highest BCUT2D eigenvalue weighted by Crippen LogP contribution is 2.39. The van der Waals surface area contributed by atoms with Crippen LogP contribution in [0.2, 0.25) is 5.02 Å². The van der Waals surface area contributed by atoms with Crippen molar-refractivity contribution in [2.24, 2.45) is 7.05 Å². The molecule has 2 N–H and O–H groups in total. The second kappa shape index (κ2) is 6.27. The minimum absolute atomic E-state index is 0.113. The molecule has 1 aliphatic heterocycles. The number of aliphatic hydroxyl groups excluding tert-OH is 1. The van der Waals surface area contributed by atoms with E-state index in [1.54, 1.807) is 11.6 Å². The van der Waals surface area contributed by atoms with Gasteiger partial charge in [-0.15, -0.1) is 0 Å². The van der Waals surface area contributed by atoms with Crippen LogP contribution in [0.1, 0.15) is 11.4 Å². The number of nitrogens with one attached hydrogen (secondary N) is 1. The minimum atomic E-state index is -4.62. The van der Waals surface area contributed by atoms with E-state index in [0.29, 0.717) is 11.3 Å². The molecular formula is C19H14ClF3N4O. The van der Waals surface area contributed by atoms with Gasteiger partial charge in [0.25, 0.3) is 0 Å². The van der Waals surface area contributed by atoms with Gasteiger partial charge >= 0.3 is 6.18 Å². The van der Waals surface area contributed by atoms with Gasteiger partial charge in [0.15, 0.2) is 0 Å². The van der Waals surface area contributed by atoms with E-state index >= 15 is 0 Å². The third kappa shape index (κ3) is 2.80. The zero-order valence-corrected chi connectivity index (χ0v) is 15.3. The van der Waals surface area contributed by atoms with Crippen molar-refractivity contribution < 1.29 is 18.3 Å². The summed E-state index contributed by atoms with van der Waals surface area (Å²) in [5.74, 6) is 0.106. The zero-order valence-electron chi connectivity index (χ0n) is 14.5. The highest BCUT2D eigenvalue weighted by molar-refractivity contribution is 6.32. The van der Waals surface area contributed by atoms with Crippen molar-refractivity contribution in [2.75, 3.05) is 11.4 Å². The summed E-state index contributed by atoms with van der Waals surface area (Å²) in [5.41, 5.74) is 0.812. The van der Waals surface area contributed by atoms with Gasteiger partial charge in [-0.25, -0.2) is 4.98 Å². The van der Waals surface area contributed by atoms with Crippen LogP contribution >= 0.6 is 11.6 Å². The molecule has 0 radical (unpaired) electrons. The van der Waals surface area contributed by atoms with Gasteiger partial charge < -0.3 is 14.6 Å². The summed E-state index contributed by atoms with van der Waals surface area (Å²) in [6, 6.07) is 10.7. The zero-order chi connectivity index (χ0) is 20.2. The van der Waals surface area contributed by atoms with Gasteiger partial charge in [-0.05, 0) is 30.3 Å². The lowest BCUT2D eigenvalue weighted by Crippen LogP contribution is -2.27. The molecule has 0 unspecified atom stereocenters. The molecular weight excluding hydrogens is 393 g/mol. The Morgan fingerprint density at radius 1 is 1.18 bits per heavy atom. The van der Waals surface area contributed by atoms with E-state index in [2.05, 4.69) is 4.98 Å². The Kier molecular flexibility index (Phi) is 4.11. The summed E-state index contributed by atoms with van der Waals surface area (Å²) in [5, 5.41) is 18.5. The molecule has 28 heavy (non-hydrogen) atoms. The van der Waals surface area contributed by atoms with Gasteiger partial charge in [0.05, 0.1) is 33.7 Å². The predicted octanol–water partition coefficient (Wildman–Crippen LogP) is 5.01. The molecule has 0 bridgehead atoms. The topological polar surface area (TPSA) is 65.1 Å². The van der Waals surface area contributed by atoms with E-state index in [4.69, 9.17) is 17.0 Å². The number of amidine groups is 1. The molecule has 1 aromatic heterocycles. The van der Waals surface area contributed by atoms with Crippen LogP contribution in [0.25, 0.3) is 16.6 Å². The number of aromatic nitrogens is 2. The van der Waals surface area contributed by atoms with E-state index in [-0.39, 0.29) is 29.4 Å². The number of fused-ring (bicyclic) bond motifs is 1. The molecule has 1 aliphatic rings. The average molecular weight is 407 g/mol. The molecule has 0 saturated carbocycles. The number of aryl methyl sites for hydroxylation is 1. The molecule has 4 rings (SSSR count). The van der Waals surface area contributed by atoms with E-state index in [1.807, 2.05) is 24.3 Å². The summed E-state index contributed by atoms with van der Waals surface area (Å²) in [6.07, 6.45) is -4.62. The molecule has 9 heteroatoms. The number of hydrogen-bond donors (Lipinski definition) is 2. The third-order valence-corrected chi connectivity index (χ3v) is 5.01. The fraction of sp³-hybridized carbons (Fsp3) is 0.158. The first kappa shape index (κ1) is 18.4. The van der Waals surface area contributed by atoms with Crippen LogP contribution in [0.5, 0.6) is 0 Å². The quantitative estimate of drug-likeness (QED) is 0.628. The summed E-state index contributed by atoms with van der Waals surface area (Å²) < 4.78 is 41.3. The molecule has 3 aromatic rings. The van der Waals surface area contributed by atoms with Crippen LogP contribution in [0, 0.1) is 5.41 Å². The van der Waals surface area contributed by atoms with Crippen LogP contribution in [-0.4, -0.2) is 27.0 Å². The van der Waals surface area contributed by atoms with Crippen molar-refractivity contribution in [3.05, 3.63) is 64.6 Å². The third-order valence-electron chi connectivity index (χ3n) is 4.68. The maximum absolute atomic E-state index is 13.2. The highest BCUT2D eigenvalue weighted by Gasteiger charge is 2.36. The number of aliphatic hydroxyl groups is 1. The number of halogens is 4. The monoisotopic (exact) mass is 406 g/mol. The average Bonchev–Trinajstić information content (AvgIpc) is 3.11. The summed E-state index contributed by atoms with van der Waals surface area (Å²) in [7, 11) is 1.75. The summed E-state index contributed by atoms with van der Waals surface area (Å²) in [4.78, 5) is 5.76. The van der Waals surface area contributed by atoms with E-state index < -0.39 is 16.8 Å². The first-order valence-electron chi connectivity index (χ1n) is 8.25. The number of rotatable bonds is 2. The lowest BCUT2D eigenvalue weighted by atomic mass is 10.1. The molecule has 5 nitrogen and oxygen atoms in total. The predicted molar refractivity (Wildman–Crippen MR) is 102 cm³/mol. The van der Waals surface area contributed by atoms with E-state index in [1.165, 1.54) is 11.0 Å². The van der Waals surface area contributed by atoms with E-state index in [0.717, 1.165) is 17.6 Å².